The van der Waals surface area contributed by atoms with Gasteiger partial charge in [0, 0.05) is 19.1 Å². The number of hydrogen-bond acceptors (Lipinski definition) is 3. The van der Waals surface area contributed by atoms with Gasteiger partial charge in [-0.3, -0.25) is 14.5 Å². The Bertz CT molecular complexity index is 351. The molecule has 5 nitrogen and oxygen atoms in total. The number of nitrogens with zero attached hydrogens (tertiary/aromatic N) is 1. The predicted molar refractivity (Wildman–Crippen MR) is 76.4 cm³/mol. The summed E-state index contributed by atoms with van der Waals surface area (Å²) in [6.45, 7) is 3.48. The molecule has 1 amide bonds. The number of carboxylic acids is 1. The molecule has 0 bridgehead atoms. The molecule has 0 aromatic rings. The average Bonchev–Trinajstić information content (AvgIpc) is 2.59. The molecule has 114 valence electrons. The normalized spacial score (nSPS) is 29.1. The number of amides is 1. The van der Waals surface area contributed by atoms with Crippen molar-refractivity contribution in [3.05, 3.63) is 0 Å². The molecule has 5 heteroatoms. The van der Waals surface area contributed by atoms with Crippen LogP contribution in [0.15, 0.2) is 0 Å². The minimum absolute atomic E-state index is 0.0511. The van der Waals surface area contributed by atoms with Crippen LogP contribution in [0.5, 0.6) is 0 Å². The summed E-state index contributed by atoms with van der Waals surface area (Å²) in [4.78, 5) is 25.1. The second kappa shape index (κ2) is 7.07. The van der Waals surface area contributed by atoms with E-state index in [4.69, 9.17) is 5.11 Å². The van der Waals surface area contributed by atoms with Crippen molar-refractivity contribution in [3.63, 3.8) is 0 Å². The Labute approximate surface area is 120 Å². The number of carboxylic acid groups (broad SMARTS) is 1. The van der Waals surface area contributed by atoms with Gasteiger partial charge in [0.15, 0.2) is 0 Å². The van der Waals surface area contributed by atoms with Gasteiger partial charge in [-0.1, -0.05) is 32.6 Å². The summed E-state index contributed by atoms with van der Waals surface area (Å²) in [5.41, 5.74) is 0. The zero-order valence-corrected chi connectivity index (χ0v) is 12.3. The highest BCUT2D eigenvalue weighted by Gasteiger charge is 2.35. The van der Waals surface area contributed by atoms with E-state index in [9.17, 15) is 9.59 Å². The molecule has 0 radical (unpaired) electrons. The Hall–Kier alpha value is -1.10. The van der Waals surface area contributed by atoms with Gasteiger partial charge in [-0.05, 0) is 18.8 Å². The van der Waals surface area contributed by atoms with Crippen LogP contribution in [0.1, 0.15) is 45.4 Å². The molecule has 1 saturated carbocycles. The number of carbonyl (C=O) groups excluding carboxylic acids is 1. The molecule has 2 aliphatic rings. The van der Waals surface area contributed by atoms with E-state index in [1.165, 1.54) is 25.7 Å². The van der Waals surface area contributed by atoms with E-state index in [0.29, 0.717) is 25.7 Å². The van der Waals surface area contributed by atoms with E-state index in [2.05, 4.69) is 5.32 Å². The van der Waals surface area contributed by atoms with Gasteiger partial charge < -0.3 is 10.4 Å². The molecule has 0 aromatic carbocycles. The topological polar surface area (TPSA) is 69.6 Å². The highest BCUT2D eigenvalue weighted by Crippen LogP contribution is 2.23. The molecule has 2 N–H and O–H groups in total. The number of hydrogen-bond donors (Lipinski definition) is 2. The molecule has 2 atom stereocenters. The standard InChI is InChI=1S/C15H26N2O3/c1-11-8-17(9-13(11)15(19)20)10-14(18)16-12-6-4-2-3-5-7-12/h11-13H,2-10H2,1H3,(H,16,18)(H,19,20)/t11-,13-/m1/s1. The highest BCUT2D eigenvalue weighted by molar-refractivity contribution is 5.78. The molecule has 1 heterocycles. The van der Waals surface area contributed by atoms with Crippen molar-refractivity contribution in [1.82, 2.24) is 10.2 Å². The lowest BCUT2D eigenvalue weighted by Gasteiger charge is -2.19. The Kier molecular flexibility index (Phi) is 5.40. The van der Waals surface area contributed by atoms with Gasteiger partial charge in [0.25, 0.3) is 0 Å². The summed E-state index contributed by atoms with van der Waals surface area (Å²) in [7, 11) is 0. The third kappa shape index (κ3) is 4.20. The highest BCUT2D eigenvalue weighted by atomic mass is 16.4. The molecule has 2 fully saturated rings. The molecule has 20 heavy (non-hydrogen) atoms. The minimum Gasteiger partial charge on any atom is -0.481 e. The molecular weight excluding hydrogens is 256 g/mol. The molecule has 1 saturated heterocycles. The first-order valence-corrected chi connectivity index (χ1v) is 7.81. The number of nitrogens with one attached hydrogen (secondary N) is 1. The smallest absolute Gasteiger partial charge is 0.308 e. The molecule has 2 rings (SSSR count). The molecule has 0 unspecified atom stereocenters. The summed E-state index contributed by atoms with van der Waals surface area (Å²) in [6, 6.07) is 0.320. The average molecular weight is 282 g/mol. The second-order valence-corrected chi connectivity index (χ2v) is 6.37. The largest absolute Gasteiger partial charge is 0.481 e. The van der Waals surface area contributed by atoms with Crippen LogP contribution < -0.4 is 5.32 Å². The summed E-state index contributed by atoms with van der Waals surface area (Å²) < 4.78 is 0. The van der Waals surface area contributed by atoms with E-state index < -0.39 is 5.97 Å². The lowest BCUT2D eigenvalue weighted by molar-refractivity contribution is -0.142. The Morgan fingerprint density at radius 1 is 1.15 bits per heavy atom. The van der Waals surface area contributed by atoms with Gasteiger partial charge >= 0.3 is 5.97 Å². The van der Waals surface area contributed by atoms with E-state index in [1.54, 1.807) is 0 Å². The maximum Gasteiger partial charge on any atom is 0.308 e. The third-order valence-electron chi connectivity index (χ3n) is 4.59. The molecular formula is C15H26N2O3. The fourth-order valence-electron chi connectivity index (χ4n) is 3.42. The minimum atomic E-state index is -0.746. The number of likely N-dealkylation sites (tertiary alicyclic amines) is 1. The lowest BCUT2D eigenvalue weighted by atomic mass is 9.99. The maximum absolute atomic E-state index is 12.1. The SMILES string of the molecule is C[C@@H]1CN(CC(=O)NC2CCCCCC2)C[C@H]1C(=O)O. The number of carbonyl (C=O) groups is 2. The summed E-state index contributed by atoms with van der Waals surface area (Å²) in [5.74, 6) is -0.904. The molecule has 0 aromatic heterocycles. The Morgan fingerprint density at radius 3 is 2.35 bits per heavy atom. The van der Waals surface area contributed by atoms with E-state index in [1.807, 2.05) is 11.8 Å². The first-order chi connectivity index (χ1) is 9.56. The first kappa shape index (κ1) is 15.3. The van der Waals surface area contributed by atoms with E-state index >= 15 is 0 Å². The fourth-order valence-corrected chi connectivity index (χ4v) is 3.42. The van der Waals surface area contributed by atoms with Crippen molar-refractivity contribution >= 4 is 11.9 Å². The molecule has 0 spiro atoms. The van der Waals surface area contributed by atoms with Crippen LogP contribution in [-0.4, -0.2) is 47.6 Å². The zero-order valence-electron chi connectivity index (χ0n) is 12.3. The molecule has 1 aliphatic heterocycles. The van der Waals surface area contributed by atoms with E-state index in [0.717, 1.165) is 12.8 Å². The van der Waals surface area contributed by atoms with Crippen LogP contribution in [0.3, 0.4) is 0 Å². The van der Waals surface area contributed by atoms with Crippen LogP contribution in [0.4, 0.5) is 0 Å². The van der Waals surface area contributed by atoms with Gasteiger partial charge in [-0.15, -0.1) is 0 Å². The van der Waals surface area contributed by atoms with Gasteiger partial charge in [-0.2, -0.15) is 0 Å². The summed E-state index contributed by atoms with van der Waals surface area (Å²) in [6.07, 6.45) is 7.12. The third-order valence-corrected chi connectivity index (χ3v) is 4.59. The van der Waals surface area contributed by atoms with Gasteiger partial charge in [0.2, 0.25) is 5.91 Å². The summed E-state index contributed by atoms with van der Waals surface area (Å²) in [5, 5.41) is 12.2. The zero-order chi connectivity index (χ0) is 14.5. The van der Waals surface area contributed by atoms with Crippen LogP contribution in [0, 0.1) is 11.8 Å². The van der Waals surface area contributed by atoms with Gasteiger partial charge in [0.05, 0.1) is 12.5 Å². The van der Waals surface area contributed by atoms with Crippen LogP contribution >= 0.6 is 0 Å². The second-order valence-electron chi connectivity index (χ2n) is 6.37. The lowest BCUT2D eigenvalue weighted by Crippen LogP contribution is -2.41. The van der Waals surface area contributed by atoms with Crippen molar-refractivity contribution in [2.24, 2.45) is 11.8 Å². The van der Waals surface area contributed by atoms with Crippen LogP contribution in [0.2, 0.25) is 0 Å². The van der Waals surface area contributed by atoms with Crippen LogP contribution in [0.25, 0.3) is 0 Å². The summed E-state index contributed by atoms with van der Waals surface area (Å²) >= 11 is 0. The van der Waals surface area contributed by atoms with Crippen molar-refractivity contribution < 1.29 is 14.7 Å². The van der Waals surface area contributed by atoms with Crippen molar-refractivity contribution in [1.29, 1.82) is 0 Å². The first-order valence-electron chi connectivity index (χ1n) is 7.81. The quantitative estimate of drug-likeness (QED) is 0.766. The monoisotopic (exact) mass is 282 g/mol. The molecule has 1 aliphatic carbocycles. The van der Waals surface area contributed by atoms with Crippen molar-refractivity contribution in [2.45, 2.75) is 51.5 Å². The maximum atomic E-state index is 12.1. The van der Waals surface area contributed by atoms with Crippen LogP contribution in [-0.2, 0) is 9.59 Å². The van der Waals surface area contributed by atoms with Gasteiger partial charge in [-0.25, -0.2) is 0 Å². The Morgan fingerprint density at radius 2 is 1.80 bits per heavy atom. The predicted octanol–water partition coefficient (Wildman–Crippen LogP) is 1.48. The van der Waals surface area contributed by atoms with Crippen molar-refractivity contribution in [3.8, 4) is 0 Å². The number of aliphatic carboxylic acids is 1. The van der Waals surface area contributed by atoms with E-state index in [-0.39, 0.29) is 17.7 Å². The van der Waals surface area contributed by atoms with Gasteiger partial charge in [0.1, 0.15) is 0 Å². The number of rotatable bonds is 4. The Balaban J connectivity index is 1.76. The van der Waals surface area contributed by atoms with Crippen molar-refractivity contribution in [2.75, 3.05) is 19.6 Å². The fraction of sp³-hybridized carbons (Fsp3) is 0.867.